The second-order valence-corrected chi connectivity index (χ2v) is 7.35. The number of halogens is 1. The SMILES string of the molecule is CC(C)COc1ccc2c(c1)CC(C)N=C2C=Cc1ccccc1Cl. The number of allylic oxidation sites excluding steroid dienone is 1. The molecule has 2 nitrogen and oxygen atoms in total. The maximum atomic E-state index is 6.24. The van der Waals surface area contributed by atoms with Gasteiger partial charge in [-0.05, 0) is 60.7 Å². The number of nitrogens with zero attached hydrogens (tertiary/aromatic N) is 1. The topological polar surface area (TPSA) is 21.6 Å². The largest absolute Gasteiger partial charge is 0.493 e. The highest BCUT2D eigenvalue weighted by Crippen LogP contribution is 2.26. The Morgan fingerprint density at radius 2 is 2.00 bits per heavy atom. The summed E-state index contributed by atoms with van der Waals surface area (Å²) in [4.78, 5) is 4.82. The van der Waals surface area contributed by atoms with Crippen LogP contribution in [0, 0.1) is 5.92 Å². The third-order valence-electron chi connectivity index (χ3n) is 4.14. The van der Waals surface area contributed by atoms with E-state index in [1.807, 2.05) is 36.4 Å². The first-order valence-electron chi connectivity index (χ1n) is 8.79. The van der Waals surface area contributed by atoms with Crippen molar-refractivity contribution in [3.63, 3.8) is 0 Å². The first kappa shape index (κ1) is 17.8. The van der Waals surface area contributed by atoms with E-state index in [1.54, 1.807) is 0 Å². The summed E-state index contributed by atoms with van der Waals surface area (Å²) >= 11 is 6.24. The molecule has 2 aromatic carbocycles. The molecular weight excluding hydrogens is 330 g/mol. The highest BCUT2D eigenvalue weighted by atomic mass is 35.5. The van der Waals surface area contributed by atoms with Gasteiger partial charge in [-0.15, -0.1) is 0 Å². The highest BCUT2D eigenvalue weighted by molar-refractivity contribution is 6.32. The number of hydrogen-bond acceptors (Lipinski definition) is 2. The number of rotatable bonds is 5. The summed E-state index contributed by atoms with van der Waals surface area (Å²) in [5, 5.41) is 0.751. The monoisotopic (exact) mass is 353 g/mol. The third kappa shape index (κ3) is 4.52. The molecule has 3 rings (SSSR count). The van der Waals surface area contributed by atoms with Gasteiger partial charge in [0.05, 0.1) is 18.4 Å². The molecule has 1 atom stereocenters. The molecule has 1 aliphatic heterocycles. The van der Waals surface area contributed by atoms with E-state index in [1.165, 1.54) is 11.1 Å². The Balaban J connectivity index is 1.86. The van der Waals surface area contributed by atoms with E-state index in [0.29, 0.717) is 5.92 Å². The van der Waals surface area contributed by atoms with Crippen LogP contribution in [0.2, 0.25) is 5.02 Å². The van der Waals surface area contributed by atoms with Gasteiger partial charge >= 0.3 is 0 Å². The van der Waals surface area contributed by atoms with Gasteiger partial charge in [-0.2, -0.15) is 0 Å². The van der Waals surface area contributed by atoms with Gasteiger partial charge in [-0.1, -0.05) is 49.7 Å². The summed E-state index contributed by atoms with van der Waals surface area (Å²) < 4.78 is 5.87. The molecular formula is C22H24ClNO. The fraction of sp³-hybridized carbons (Fsp3) is 0.318. The second-order valence-electron chi connectivity index (χ2n) is 6.95. The fourth-order valence-electron chi connectivity index (χ4n) is 2.92. The van der Waals surface area contributed by atoms with Crippen molar-refractivity contribution < 1.29 is 4.74 Å². The van der Waals surface area contributed by atoms with Crippen LogP contribution in [0.3, 0.4) is 0 Å². The second kappa shape index (κ2) is 7.88. The molecule has 0 amide bonds. The molecule has 25 heavy (non-hydrogen) atoms. The minimum atomic E-state index is 0.263. The number of hydrogen-bond donors (Lipinski definition) is 0. The lowest BCUT2D eigenvalue weighted by Gasteiger charge is -2.21. The van der Waals surface area contributed by atoms with Gasteiger partial charge in [-0.25, -0.2) is 0 Å². The van der Waals surface area contributed by atoms with Crippen molar-refractivity contribution in [1.29, 1.82) is 0 Å². The molecule has 1 aliphatic rings. The molecule has 0 spiro atoms. The fourth-order valence-corrected chi connectivity index (χ4v) is 3.12. The quantitative estimate of drug-likeness (QED) is 0.663. The summed E-state index contributed by atoms with van der Waals surface area (Å²) in [6.45, 7) is 7.20. The van der Waals surface area contributed by atoms with Crippen molar-refractivity contribution in [2.45, 2.75) is 33.2 Å². The Bertz CT molecular complexity index is 807. The summed E-state index contributed by atoms with van der Waals surface area (Å²) in [5.41, 5.74) is 4.48. The minimum Gasteiger partial charge on any atom is -0.493 e. The van der Waals surface area contributed by atoms with Gasteiger partial charge in [0.1, 0.15) is 5.75 Å². The summed E-state index contributed by atoms with van der Waals surface area (Å²) in [6, 6.07) is 14.4. The first-order valence-corrected chi connectivity index (χ1v) is 9.17. The van der Waals surface area contributed by atoms with Gasteiger partial charge in [0, 0.05) is 10.6 Å². The van der Waals surface area contributed by atoms with Gasteiger partial charge in [0.15, 0.2) is 0 Å². The summed E-state index contributed by atoms with van der Waals surface area (Å²) in [5.74, 6) is 1.46. The van der Waals surface area contributed by atoms with E-state index in [4.69, 9.17) is 21.3 Å². The van der Waals surface area contributed by atoms with Crippen molar-refractivity contribution in [2.75, 3.05) is 6.61 Å². The Morgan fingerprint density at radius 3 is 2.76 bits per heavy atom. The summed E-state index contributed by atoms with van der Waals surface area (Å²) in [6.07, 6.45) is 5.04. The van der Waals surface area contributed by atoms with Crippen LogP contribution in [0.25, 0.3) is 6.08 Å². The van der Waals surface area contributed by atoms with Crippen molar-refractivity contribution in [3.8, 4) is 5.75 Å². The van der Waals surface area contributed by atoms with Crippen LogP contribution in [-0.4, -0.2) is 18.4 Å². The lowest BCUT2D eigenvalue weighted by atomic mass is 9.93. The molecule has 0 aliphatic carbocycles. The molecule has 1 heterocycles. The maximum absolute atomic E-state index is 6.24. The molecule has 0 aromatic heterocycles. The molecule has 0 radical (unpaired) electrons. The number of fused-ring (bicyclic) bond motifs is 1. The Hall–Kier alpha value is -2.06. The smallest absolute Gasteiger partial charge is 0.119 e. The molecule has 3 heteroatoms. The zero-order valence-corrected chi connectivity index (χ0v) is 15.8. The molecule has 130 valence electrons. The number of benzene rings is 2. The van der Waals surface area contributed by atoms with Crippen molar-refractivity contribution in [1.82, 2.24) is 0 Å². The van der Waals surface area contributed by atoms with Crippen LogP contribution in [0.15, 0.2) is 53.5 Å². The van der Waals surface area contributed by atoms with E-state index < -0.39 is 0 Å². The predicted molar refractivity (Wildman–Crippen MR) is 107 cm³/mol. The van der Waals surface area contributed by atoms with E-state index >= 15 is 0 Å². The minimum absolute atomic E-state index is 0.263. The van der Waals surface area contributed by atoms with Crippen LogP contribution in [0.1, 0.15) is 37.5 Å². The molecule has 0 saturated heterocycles. The number of ether oxygens (including phenoxy) is 1. The lowest BCUT2D eigenvalue weighted by Crippen LogP contribution is -2.17. The average Bonchev–Trinajstić information content (AvgIpc) is 2.58. The highest BCUT2D eigenvalue weighted by Gasteiger charge is 2.17. The molecule has 0 N–H and O–H groups in total. The molecule has 0 fully saturated rings. The number of aliphatic imine (C=N–C) groups is 1. The first-order chi connectivity index (χ1) is 12.0. The molecule has 0 saturated carbocycles. The van der Waals surface area contributed by atoms with Gasteiger partial charge in [0.25, 0.3) is 0 Å². The third-order valence-corrected chi connectivity index (χ3v) is 4.48. The van der Waals surface area contributed by atoms with Crippen molar-refractivity contribution in [3.05, 3.63) is 70.3 Å². The molecule has 1 unspecified atom stereocenters. The molecule has 2 aromatic rings. The zero-order chi connectivity index (χ0) is 17.8. The van der Waals surface area contributed by atoms with E-state index in [-0.39, 0.29) is 6.04 Å². The van der Waals surface area contributed by atoms with Crippen LogP contribution in [-0.2, 0) is 6.42 Å². The average molecular weight is 354 g/mol. The predicted octanol–water partition coefficient (Wildman–Crippen LogP) is 5.82. The van der Waals surface area contributed by atoms with Crippen LogP contribution >= 0.6 is 11.6 Å². The van der Waals surface area contributed by atoms with Gasteiger partial charge in [0.2, 0.25) is 0 Å². The van der Waals surface area contributed by atoms with Crippen molar-refractivity contribution in [2.24, 2.45) is 10.9 Å². The Morgan fingerprint density at radius 1 is 1.20 bits per heavy atom. The molecule has 0 bridgehead atoms. The van der Waals surface area contributed by atoms with Gasteiger partial charge < -0.3 is 4.74 Å². The van der Waals surface area contributed by atoms with E-state index in [2.05, 4.69) is 39.0 Å². The van der Waals surface area contributed by atoms with Crippen molar-refractivity contribution >= 4 is 23.4 Å². The van der Waals surface area contributed by atoms with E-state index in [0.717, 1.165) is 35.1 Å². The van der Waals surface area contributed by atoms with Crippen LogP contribution in [0.5, 0.6) is 5.75 Å². The lowest BCUT2D eigenvalue weighted by molar-refractivity contribution is 0.271. The van der Waals surface area contributed by atoms with E-state index in [9.17, 15) is 0 Å². The maximum Gasteiger partial charge on any atom is 0.119 e. The van der Waals surface area contributed by atoms with Gasteiger partial charge in [-0.3, -0.25) is 4.99 Å². The Kier molecular flexibility index (Phi) is 5.60. The standard InChI is InChI=1S/C22H24ClNO/c1-15(2)14-25-19-9-10-20-18(13-19)12-16(3)24-22(20)11-8-17-6-4-5-7-21(17)23/h4-11,13,15-16H,12,14H2,1-3H3. The normalized spacial score (nSPS) is 16.8. The Labute approximate surface area is 155 Å². The zero-order valence-electron chi connectivity index (χ0n) is 15.0. The summed E-state index contributed by atoms with van der Waals surface area (Å²) in [7, 11) is 0. The van der Waals surface area contributed by atoms with Crippen LogP contribution < -0.4 is 4.74 Å². The van der Waals surface area contributed by atoms with Crippen LogP contribution in [0.4, 0.5) is 0 Å².